The Morgan fingerprint density at radius 1 is 1.08 bits per heavy atom. The third-order valence-electron chi connectivity index (χ3n) is 3.59. The molecule has 2 aromatic rings. The van der Waals surface area contributed by atoms with E-state index < -0.39 is 0 Å². The first-order chi connectivity index (χ1) is 11.7. The summed E-state index contributed by atoms with van der Waals surface area (Å²) in [5.74, 6) is 0.604. The Labute approximate surface area is 154 Å². The molecule has 0 radical (unpaired) electrons. The molecule has 0 heterocycles. The fourth-order valence-electron chi connectivity index (χ4n) is 2.30. The maximum absolute atomic E-state index is 12.2. The number of aryl methyl sites for hydroxylation is 1. The van der Waals surface area contributed by atoms with Crippen molar-refractivity contribution in [2.75, 3.05) is 31.4 Å². The summed E-state index contributed by atoms with van der Waals surface area (Å²) >= 11 is 0. The molecule has 0 unspecified atom stereocenters. The van der Waals surface area contributed by atoms with E-state index in [-0.39, 0.29) is 18.3 Å². The van der Waals surface area contributed by atoms with Gasteiger partial charge in [-0.15, -0.1) is 12.4 Å². The smallest absolute Gasteiger partial charge is 0.224 e. The number of benzene rings is 2. The number of carbonyl (C=O) groups is 1. The van der Waals surface area contributed by atoms with Crippen LogP contribution in [0.1, 0.15) is 18.4 Å². The monoisotopic (exact) mass is 364 g/mol. The SMILES string of the molecule is COCCCOc1ccccc1NC(=O)CCc1ccccc1N.Cl. The van der Waals surface area contributed by atoms with Crippen LogP contribution in [0, 0.1) is 0 Å². The highest BCUT2D eigenvalue weighted by molar-refractivity contribution is 5.92. The molecule has 0 atom stereocenters. The van der Waals surface area contributed by atoms with Gasteiger partial charge in [-0.1, -0.05) is 30.3 Å². The highest BCUT2D eigenvalue weighted by Crippen LogP contribution is 2.24. The van der Waals surface area contributed by atoms with Gasteiger partial charge < -0.3 is 20.5 Å². The predicted molar refractivity (Wildman–Crippen MR) is 103 cm³/mol. The first-order valence-electron chi connectivity index (χ1n) is 8.04. The predicted octanol–water partition coefficient (Wildman–Crippen LogP) is 3.68. The third kappa shape index (κ3) is 7.03. The Hall–Kier alpha value is -2.24. The zero-order chi connectivity index (χ0) is 17.2. The van der Waals surface area contributed by atoms with E-state index >= 15 is 0 Å². The van der Waals surface area contributed by atoms with Gasteiger partial charge in [0.2, 0.25) is 5.91 Å². The first-order valence-corrected chi connectivity index (χ1v) is 8.04. The molecule has 0 bridgehead atoms. The van der Waals surface area contributed by atoms with Crippen molar-refractivity contribution in [2.45, 2.75) is 19.3 Å². The van der Waals surface area contributed by atoms with E-state index in [1.165, 1.54) is 0 Å². The summed E-state index contributed by atoms with van der Waals surface area (Å²) in [6.07, 6.45) is 1.77. The standard InChI is InChI=1S/C19H24N2O3.ClH/c1-23-13-6-14-24-18-10-5-4-9-17(18)21-19(22)12-11-15-7-2-3-8-16(15)20;/h2-5,7-10H,6,11-14,20H2,1H3,(H,21,22);1H. The quantitative estimate of drug-likeness (QED) is 0.526. The lowest BCUT2D eigenvalue weighted by Crippen LogP contribution is -2.14. The summed E-state index contributed by atoms with van der Waals surface area (Å²) in [6, 6.07) is 15.0. The highest BCUT2D eigenvalue weighted by Gasteiger charge is 2.08. The summed E-state index contributed by atoms with van der Waals surface area (Å²) < 4.78 is 10.7. The number of nitrogens with two attached hydrogens (primary N) is 1. The molecule has 136 valence electrons. The van der Waals surface area contributed by atoms with Gasteiger partial charge in [-0.2, -0.15) is 0 Å². The van der Waals surface area contributed by atoms with E-state index in [9.17, 15) is 4.79 Å². The van der Waals surface area contributed by atoms with Crippen molar-refractivity contribution in [3.05, 3.63) is 54.1 Å². The van der Waals surface area contributed by atoms with Gasteiger partial charge >= 0.3 is 0 Å². The topological polar surface area (TPSA) is 73.6 Å². The number of ether oxygens (including phenoxy) is 2. The Morgan fingerprint density at radius 3 is 2.56 bits per heavy atom. The number of nitrogens with one attached hydrogen (secondary N) is 1. The number of methoxy groups -OCH3 is 1. The summed E-state index contributed by atoms with van der Waals surface area (Å²) in [7, 11) is 1.66. The number of hydrogen-bond acceptors (Lipinski definition) is 4. The molecule has 5 nitrogen and oxygen atoms in total. The molecule has 0 aliphatic rings. The van der Waals surface area contributed by atoms with Gasteiger partial charge in [-0.05, 0) is 30.2 Å². The van der Waals surface area contributed by atoms with E-state index in [4.69, 9.17) is 15.2 Å². The van der Waals surface area contributed by atoms with Crippen LogP contribution >= 0.6 is 12.4 Å². The summed E-state index contributed by atoms with van der Waals surface area (Å²) in [4.78, 5) is 12.2. The Kier molecular flexibility index (Phi) is 9.43. The van der Waals surface area contributed by atoms with E-state index in [0.717, 1.165) is 12.0 Å². The summed E-state index contributed by atoms with van der Waals surface area (Å²) in [5.41, 5.74) is 8.28. The molecule has 25 heavy (non-hydrogen) atoms. The van der Waals surface area contributed by atoms with Crippen molar-refractivity contribution in [1.82, 2.24) is 0 Å². The lowest BCUT2D eigenvalue weighted by Gasteiger charge is -2.12. The molecule has 0 aliphatic carbocycles. The zero-order valence-electron chi connectivity index (χ0n) is 14.4. The Bertz CT molecular complexity index is 665. The van der Waals surface area contributed by atoms with Crippen molar-refractivity contribution in [3.63, 3.8) is 0 Å². The van der Waals surface area contributed by atoms with Crippen LogP contribution in [0.5, 0.6) is 5.75 Å². The first kappa shape index (κ1) is 20.8. The normalized spacial score (nSPS) is 9.96. The van der Waals surface area contributed by atoms with Crippen LogP contribution in [0.4, 0.5) is 11.4 Å². The molecule has 3 N–H and O–H groups in total. The fourth-order valence-corrected chi connectivity index (χ4v) is 2.30. The molecule has 2 rings (SSSR count). The van der Waals surface area contributed by atoms with Crippen molar-refractivity contribution in [1.29, 1.82) is 0 Å². The number of carbonyl (C=O) groups excluding carboxylic acids is 1. The van der Waals surface area contributed by atoms with Gasteiger partial charge in [0.05, 0.1) is 12.3 Å². The summed E-state index contributed by atoms with van der Waals surface area (Å²) in [6.45, 7) is 1.19. The van der Waals surface area contributed by atoms with E-state index in [2.05, 4.69) is 5.32 Å². The lowest BCUT2D eigenvalue weighted by molar-refractivity contribution is -0.116. The van der Waals surface area contributed by atoms with Crippen LogP contribution < -0.4 is 15.8 Å². The van der Waals surface area contributed by atoms with Gasteiger partial charge in [0, 0.05) is 32.2 Å². The molecule has 6 heteroatoms. The molecule has 1 amide bonds. The fraction of sp³-hybridized carbons (Fsp3) is 0.316. The molecular formula is C19H25ClN2O3. The van der Waals surface area contributed by atoms with E-state index in [1.54, 1.807) is 7.11 Å². The average Bonchev–Trinajstić information content (AvgIpc) is 2.59. The molecule has 0 saturated carbocycles. The molecule has 0 aliphatic heterocycles. The highest BCUT2D eigenvalue weighted by atomic mass is 35.5. The van der Waals surface area contributed by atoms with Gasteiger partial charge in [0.15, 0.2) is 0 Å². The number of halogens is 1. The minimum Gasteiger partial charge on any atom is -0.491 e. The molecule has 0 fully saturated rings. The van der Waals surface area contributed by atoms with Crippen molar-refractivity contribution < 1.29 is 14.3 Å². The zero-order valence-corrected chi connectivity index (χ0v) is 15.2. The van der Waals surface area contributed by atoms with E-state index in [1.807, 2.05) is 48.5 Å². The minimum atomic E-state index is -0.0637. The van der Waals surface area contributed by atoms with Crippen LogP contribution in [-0.2, 0) is 16.0 Å². The molecule has 0 spiro atoms. The van der Waals surface area contributed by atoms with Gasteiger partial charge in [0.1, 0.15) is 5.75 Å². The number of para-hydroxylation sites is 3. The maximum Gasteiger partial charge on any atom is 0.224 e. The summed E-state index contributed by atoms with van der Waals surface area (Å²) in [5, 5.41) is 2.91. The molecule has 0 aromatic heterocycles. The van der Waals surface area contributed by atoms with Crippen LogP contribution in [0.15, 0.2) is 48.5 Å². The third-order valence-corrected chi connectivity index (χ3v) is 3.59. The second-order valence-electron chi connectivity index (χ2n) is 5.44. The lowest BCUT2D eigenvalue weighted by atomic mass is 10.1. The van der Waals surface area contributed by atoms with Gasteiger partial charge in [0.25, 0.3) is 0 Å². The Balaban J connectivity index is 0.00000312. The second kappa shape index (κ2) is 11.3. The van der Waals surface area contributed by atoms with Crippen molar-refractivity contribution in [3.8, 4) is 5.75 Å². The van der Waals surface area contributed by atoms with Crippen molar-refractivity contribution in [2.24, 2.45) is 0 Å². The number of nitrogen functional groups attached to an aromatic ring is 1. The number of anilines is 2. The number of amides is 1. The molecule has 2 aromatic carbocycles. The van der Waals surface area contributed by atoms with E-state index in [0.29, 0.717) is 43.2 Å². The van der Waals surface area contributed by atoms with Crippen LogP contribution in [0.2, 0.25) is 0 Å². The maximum atomic E-state index is 12.2. The minimum absolute atomic E-state index is 0. The molecular weight excluding hydrogens is 340 g/mol. The van der Waals surface area contributed by atoms with Gasteiger partial charge in [-0.3, -0.25) is 4.79 Å². The van der Waals surface area contributed by atoms with Crippen LogP contribution in [-0.4, -0.2) is 26.2 Å². The number of hydrogen-bond donors (Lipinski definition) is 2. The average molecular weight is 365 g/mol. The second-order valence-corrected chi connectivity index (χ2v) is 5.44. The van der Waals surface area contributed by atoms with Gasteiger partial charge in [-0.25, -0.2) is 0 Å². The van der Waals surface area contributed by atoms with Crippen molar-refractivity contribution >= 4 is 29.7 Å². The number of rotatable bonds is 9. The molecule has 0 saturated heterocycles. The largest absolute Gasteiger partial charge is 0.491 e. The van der Waals surface area contributed by atoms with Crippen LogP contribution in [0.25, 0.3) is 0 Å². The van der Waals surface area contributed by atoms with Crippen LogP contribution in [0.3, 0.4) is 0 Å². The Morgan fingerprint density at radius 2 is 1.80 bits per heavy atom.